The maximum absolute atomic E-state index is 14.2. The number of aliphatic hydroxyl groups is 2. The van der Waals surface area contributed by atoms with E-state index in [1.54, 1.807) is 0 Å². The van der Waals surface area contributed by atoms with Crippen LogP contribution in [0.1, 0.15) is 6.23 Å². The zero-order chi connectivity index (χ0) is 15.6. The summed E-state index contributed by atoms with van der Waals surface area (Å²) in [5, 5.41) is 22.5. The van der Waals surface area contributed by atoms with Gasteiger partial charge in [-0.1, -0.05) is 5.11 Å². The van der Waals surface area contributed by atoms with Crippen LogP contribution in [-0.4, -0.2) is 50.8 Å². The van der Waals surface area contributed by atoms with Gasteiger partial charge in [0.05, 0.1) is 13.2 Å². The third-order valence-corrected chi connectivity index (χ3v) is 3.26. The molecule has 0 amide bonds. The summed E-state index contributed by atoms with van der Waals surface area (Å²) in [5.74, 6) is -0.0484. The SMILES string of the molecule is [N-]=[N+]=NC[C@]1(CO)O[C@@H](n2ccc(N)nc2=O)[C@H](F)[C@@H]1O. The van der Waals surface area contributed by atoms with Crippen LogP contribution in [-0.2, 0) is 4.74 Å². The molecule has 0 radical (unpaired) electrons. The molecule has 0 saturated carbocycles. The molecule has 0 aromatic carbocycles. The highest BCUT2D eigenvalue weighted by atomic mass is 19.1. The van der Waals surface area contributed by atoms with Crippen LogP contribution < -0.4 is 11.4 Å². The third kappa shape index (κ3) is 2.54. The van der Waals surface area contributed by atoms with E-state index in [2.05, 4.69) is 15.0 Å². The number of aromatic nitrogens is 2. The Kier molecular flexibility index (Phi) is 4.09. The molecule has 10 nitrogen and oxygen atoms in total. The zero-order valence-corrected chi connectivity index (χ0v) is 10.7. The highest BCUT2D eigenvalue weighted by Gasteiger charge is 2.55. The molecule has 1 aromatic rings. The summed E-state index contributed by atoms with van der Waals surface area (Å²) < 4.78 is 20.3. The van der Waals surface area contributed by atoms with Crippen LogP contribution >= 0.6 is 0 Å². The van der Waals surface area contributed by atoms with Gasteiger partial charge >= 0.3 is 5.69 Å². The van der Waals surface area contributed by atoms with E-state index in [0.29, 0.717) is 0 Å². The molecule has 0 spiro atoms. The largest absolute Gasteiger partial charge is 0.393 e. The van der Waals surface area contributed by atoms with Gasteiger partial charge in [0.2, 0.25) is 0 Å². The van der Waals surface area contributed by atoms with Crippen molar-refractivity contribution in [1.29, 1.82) is 0 Å². The van der Waals surface area contributed by atoms with Gasteiger partial charge in [-0.15, -0.1) is 0 Å². The minimum Gasteiger partial charge on any atom is -0.393 e. The lowest BCUT2D eigenvalue weighted by Gasteiger charge is -2.27. The second kappa shape index (κ2) is 5.66. The summed E-state index contributed by atoms with van der Waals surface area (Å²) in [6.45, 7) is -1.28. The molecular formula is C10H13FN6O4. The predicted molar refractivity (Wildman–Crippen MR) is 67.8 cm³/mol. The monoisotopic (exact) mass is 300 g/mol. The molecule has 0 aliphatic carbocycles. The van der Waals surface area contributed by atoms with Crippen molar-refractivity contribution >= 4 is 5.82 Å². The molecule has 21 heavy (non-hydrogen) atoms. The van der Waals surface area contributed by atoms with E-state index in [1.165, 1.54) is 6.07 Å². The Hall–Kier alpha value is -2.20. The van der Waals surface area contributed by atoms with Crippen LogP contribution in [0.15, 0.2) is 22.2 Å². The molecular weight excluding hydrogens is 287 g/mol. The standard InChI is InChI=1S/C10H13FN6O4/c11-6-7(19)10(4-18,3-14-16-13)21-8(6)17-2-1-5(12)15-9(17)20/h1-2,6-8,18-19H,3-4H2,(H2,12,15,20)/t6-,7+,8-,10-/m1/s1. The number of hydrogen-bond donors (Lipinski definition) is 3. The van der Waals surface area contributed by atoms with E-state index in [-0.39, 0.29) is 5.82 Å². The summed E-state index contributed by atoms with van der Waals surface area (Å²) in [5.41, 5.74) is 11.0. The average Bonchev–Trinajstić information content (AvgIpc) is 2.71. The fraction of sp³-hybridized carbons (Fsp3) is 0.600. The van der Waals surface area contributed by atoms with Gasteiger partial charge < -0.3 is 20.7 Å². The molecule has 0 unspecified atom stereocenters. The van der Waals surface area contributed by atoms with Crippen LogP contribution in [0.2, 0.25) is 0 Å². The first-order valence-corrected chi connectivity index (χ1v) is 5.91. The summed E-state index contributed by atoms with van der Waals surface area (Å²) in [6.07, 6.45) is -4.14. The van der Waals surface area contributed by atoms with Crippen molar-refractivity contribution in [2.24, 2.45) is 5.11 Å². The first kappa shape index (κ1) is 15.2. The number of hydrogen-bond acceptors (Lipinski definition) is 7. The maximum atomic E-state index is 14.2. The van der Waals surface area contributed by atoms with Crippen molar-refractivity contribution < 1.29 is 19.3 Å². The second-order valence-corrected chi connectivity index (χ2v) is 4.55. The van der Waals surface area contributed by atoms with Crippen LogP contribution in [0.4, 0.5) is 10.2 Å². The normalized spacial score (nSPS) is 31.9. The molecule has 4 N–H and O–H groups in total. The predicted octanol–water partition coefficient (Wildman–Crippen LogP) is -0.905. The average molecular weight is 300 g/mol. The van der Waals surface area contributed by atoms with E-state index in [0.717, 1.165) is 10.8 Å². The highest BCUT2D eigenvalue weighted by molar-refractivity contribution is 5.23. The van der Waals surface area contributed by atoms with Gasteiger partial charge in [0.15, 0.2) is 12.4 Å². The Labute approximate surface area is 117 Å². The van der Waals surface area contributed by atoms with Gasteiger partial charge in [-0.05, 0) is 11.6 Å². The first-order valence-electron chi connectivity index (χ1n) is 5.91. The summed E-state index contributed by atoms with van der Waals surface area (Å²) in [6, 6.07) is 1.26. The number of alkyl halides is 1. The minimum atomic E-state index is -2.02. The minimum absolute atomic E-state index is 0.0484. The van der Waals surface area contributed by atoms with Gasteiger partial charge in [0.1, 0.15) is 17.5 Å². The molecule has 1 aliphatic heterocycles. The quantitative estimate of drug-likeness (QED) is 0.371. The number of ether oxygens (including phenoxy) is 1. The van der Waals surface area contributed by atoms with E-state index in [1.807, 2.05) is 0 Å². The molecule has 114 valence electrons. The Morgan fingerprint density at radius 2 is 2.43 bits per heavy atom. The molecule has 0 bridgehead atoms. The van der Waals surface area contributed by atoms with Crippen molar-refractivity contribution in [2.45, 2.75) is 24.1 Å². The van der Waals surface area contributed by atoms with Crippen LogP contribution in [0.3, 0.4) is 0 Å². The lowest BCUT2D eigenvalue weighted by atomic mass is 9.97. The maximum Gasteiger partial charge on any atom is 0.351 e. The van der Waals surface area contributed by atoms with Crippen LogP contribution in [0, 0.1) is 0 Å². The molecule has 4 atom stereocenters. The molecule has 1 saturated heterocycles. The number of azide groups is 1. The summed E-state index contributed by atoms with van der Waals surface area (Å²) in [7, 11) is 0. The third-order valence-electron chi connectivity index (χ3n) is 3.26. The van der Waals surface area contributed by atoms with Crippen LogP contribution in [0.25, 0.3) is 10.4 Å². The topological polar surface area (TPSA) is 159 Å². The van der Waals surface area contributed by atoms with Crippen molar-refractivity contribution in [2.75, 3.05) is 18.9 Å². The molecule has 1 fully saturated rings. The van der Waals surface area contributed by atoms with Crippen LogP contribution in [0.5, 0.6) is 0 Å². The van der Waals surface area contributed by atoms with E-state index < -0.39 is 42.9 Å². The lowest BCUT2D eigenvalue weighted by molar-refractivity contribution is -0.122. The number of nitrogens with zero attached hydrogens (tertiary/aromatic N) is 5. The fourth-order valence-electron chi connectivity index (χ4n) is 2.11. The van der Waals surface area contributed by atoms with Gasteiger partial charge in [-0.25, -0.2) is 9.18 Å². The van der Waals surface area contributed by atoms with Gasteiger partial charge in [0, 0.05) is 11.1 Å². The first-order chi connectivity index (χ1) is 9.95. The Bertz CT molecular complexity index is 632. The van der Waals surface area contributed by atoms with Crippen molar-refractivity contribution in [3.05, 3.63) is 33.2 Å². The van der Waals surface area contributed by atoms with E-state index in [4.69, 9.17) is 16.0 Å². The molecule has 2 heterocycles. The van der Waals surface area contributed by atoms with Crippen molar-refractivity contribution in [3.63, 3.8) is 0 Å². The molecule has 2 rings (SSSR count). The summed E-state index contributed by atoms with van der Waals surface area (Å²) >= 11 is 0. The van der Waals surface area contributed by atoms with Gasteiger partial charge in [0.25, 0.3) is 0 Å². The smallest absolute Gasteiger partial charge is 0.351 e. The number of nitrogen functional groups attached to an aromatic ring is 1. The van der Waals surface area contributed by atoms with Crippen molar-refractivity contribution in [1.82, 2.24) is 9.55 Å². The molecule has 1 aromatic heterocycles. The Balaban J connectivity index is 2.39. The molecule has 1 aliphatic rings. The zero-order valence-electron chi connectivity index (χ0n) is 10.7. The van der Waals surface area contributed by atoms with E-state index >= 15 is 0 Å². The Morgan fingerprint density at radius 1 is 1.71 bits per heavy atom. The van der Waals surface area contributed by atoms with Crippen molar-refractivity contribution in [3.8, 4) is 0 Å². The van der Waals surface area contributed by atoms with E-state index in [9.17, 15) is 19.4 Å². The number of halogens is 1. The number of nitrogens with two attached hydrogens (primary N) is 1. The number of aliphatic hydroxyl groups excluding tert-OH is 2. The second-order valence-electron chi connectivity index (χ2n) is 4.55. The van der Waals surface area contributed by atoms with Gasteiger partial charge in [-0.2, -0.15) is 4.98 Å². The number of anilines is 1. The fourth-order valence-corrected chi connectivity index (χ4v) is 2.11. The highest BCUT2D eigenvalue weighted by Crippen LogP contribution is 2.38. The lowest BCUT2D eigenvalue weighted by Crippen LogP contribution is -2.48. The van der Waals surface area contributed by atoms with Gasteiger partial charge in [-0.3, -0.25) is 4.57 Å². The summed E-state index contributed by atoms with van der Waals surface area (Å²) in [4.78, 5) is 17.6. The number of rotatable bonds is 4. The molecule has 11 heteroatoms. The Morgan fingerprint density at radius 3 is 3.00 bits per heavy atom.